The monoisotopic (exact) mass is 420 g/mol. The molecule has 0 saturated carbocycles. The lowest BCUT2D eigenvalue weighted by molar-refractivity contribution is -0.139. The van der Waals surface area contributed by atoms with Gasteiger partial charge in [0.15, 0.2) is 4.34 Å². The number of nitrogens with one attached hydrogen (secondary N) is 2. The molecular formula is C18H20N4O4S2. The molecule has 2 amide bonds. The number of thioether (sulfide) groups is 1. The number of ether oxygens (including phenoxy) is 2. The van der Waals surface area contributed by atoms with Crippen molar-refractivity contribution in [2.24, 2.45) is 0 Å². The van der Waals surface area contributed by atoms with Crippen LogP contribution in [0.3, 0.4) is 0 Å². The third kappa shape index (κ3) is 4.45. The van der Waals surface area contributed by atoms with Crippen LogP contribution in [0.5, 0.6) is 5.75 Å². The van der Waals surface area contributed by atoms with Crippen molar-refractivity contribution >= 4 is 35.1 Å². The van der Waals surface area contributed by atoms with Gasteiger partial charge in [-0.15, -0.1) is 10.2 Å². The number of rotatable bonds is 7. The maximum absolute atomic E-state index is 12.8. The molecule has 28 heavy (non-hydrogen) atoms. The average Bonchev–Trinajstić information content (AvgIpc) is 3.11. The van der Waals surface area contributed by atoms with Crippen molar-refractivity contribution in [3.05, 3.63) is 46.1 Å². The molecule has 8 nitrogen and oxygen atoms in total. The standard InChI is InChI=1S/C18H20N4O4S2/c1-4-26-16(23)14-12(9-27-18-22-21-10(2)28-18)19-17(24)20-15(14)11-7-5-6-8-13(11)25-3/h5-8,15H,4,9H2,1-3H3,(H2,19,20,24)/t15-/m0/s1. The fourth-order valence-electron chi connectivity index (χ4n) is 2.79. The summed E-state index contributed by atoms with van der Waals surface area (Å²) in [5.41, 5.74) is 1.51. The van der Waals surface area contributed by atoms with Crippen LogP contribution < -0.4 is 15.4 Å². The smallest absolute Gasteiger partial charge is 0.338 e. The highest BCUT2D eigenvalue weighted by Gasteiger charge is 2.35. The molecule has 1 atom stereocenters. The van der Waals surface area contributed by atoms with Crippen LogP contribution in [-0.2, 0) is 9.53 Å². The van der Waals surface area contributed by atoms with Gasteiger partial charge in [-0.2, -0.15) is 0 Å². The predicted octanol–water partition coefficient (Wildman–Crippen LogP) is 2.82. The number of hydrogen-bond donors (Lipinski definition) is 2. The molecule has 2 heterocycles. The summed E-state index contributed by atoms with van der Waals surface area (Å²) in [6.45, 7) is 3.84. The van der Waals surface area contributed by atoms with Crippen LogP contribution in [0.2, 0.25) is 0 Å². The number of urea groups is 1. The molecule has 1 aromatic heterocycles. The molecule has 0 spiro atoms. The van der Waals surface area contributed by atoms with Crippen molar-refractivity contribution in [1.29, 1.82) is 0 Å². The van der Waals surface area contributed by atoms with E-state index in [0.29, 0.717) is 28.3 Å². The molecule has 1 aromatic carbocycles. The number of aryl methyl sites for hydroxylation is 1. The fraction of sp³-hybridized carbons (Fsp3) is 0.333. The van der Waals surface area contributed by atoms with Crippen molar-refractivity contribution in [2.45, 2.75) is 24.2 Å². The van der Waals surface area contributed by atoms with Gasteiger partial charge in [0.2, 0.25) is 0 Å². The van der Waals surface area contributed by atoms with E-state index >= 15 is 0 Å². The molecule has 148 valence electrons. The van der Waals surface area contributed by atoms with Crippen LogP contribution >= 0.6 is 23.1 Å². The zero-order valence-electron chi connectivity index (χ0n) is 15.6. The van der Waals surface area contributed by atoms with E-state index in [4.69, 9.17) is 9.47 Å². The Balaban J connectivity index is 2.01. The zero-order chi connectivity index (χ0) is 20.1. The number of nitrogens with zero attached hydrogens (tertiary/aromatic N) is 2. The Morgan fingerprint density at radius 3 is 2.79 bits per heavy atom. The summed E-state index contributed by atoms with van der Waals surface area (Å²) in [5.74, 6) is 0.431. The van der Waals surface area contributed by atoms with Gasteiger partial charge in [-0.05, 0) is 19.9 Å². The van der Waals surface area contributed by atoms with E-state index in [-0.39, 0.29) is 6.61 Å². The van der Waals surface area contributed by atoms with Crippen molar-refractivity contribution in [1.82, 2.24) is 20.8 Å². The molecule has 0 unspecified atom stereocenters. The number of carbonyl (C=O) groups is 2. The number of aromatic nitrogens is 2. The SMILES string of the molecule is CCOC(=O)C1=C(CSc2nnc(C)s2)NC(=O)N[C@H]1c1ccccc1OC. The minimum atomic E-state index is -0.685. The second kappa shape index (κ2) is 9.07. The first-order valence-electron chi connectivity index (χ1n) is 8.57. The predicted molar refractivity (Wildman–Crippen MR) is 106 cm³/mol. The number of esters is 1. The maximum atomic E-state index is 12.8. The lowest BCUT2D eigenvalue weighted by atomic mass is 9.95. The first kappa shape index (κ1) is 20.2. The Kier molecular flexibility index (Phi) is 6.53. The van der Waals surface area contributed by atoms with Crippen molar-refractivity contribution in [2.75, 3.05) is 19.5 Å². The molecule has 0 saturated heterocycles. The van der Waals surface area contributed by atoms with Gasteiger partial charge in [0.05, 0.1) is 25.3 Å². The third-order valence-corrected chi connectivity index (χ3v) is 5.94. The minimum Gasteiger partial charge on any atom is -0.496 e. The highest BCUT2D eigenvalue weighted by atomic mass is 32.2. The third-order valence-electron chi connectivity index (χ3n) is 3.95. The lowest BCUT2D eigenvalue weighted by Crippen LogP contribution is -2.46. The molecule has 0 fully saturated rings. The largest absolute Gasteiger partial charge is 0.496 e. The molecule has 3 rings (SSSR count). The Labute approximate surface area is 170 Å². The fourth-order valence-corrected chi connectivity index (χ4v) is 4.57. The number of benzene rings is 1. The summed E-state index contributed by atoms with van der Waals surface area (Å²) in [7, 11) is 1.55. The molecule has 10 heteroatoms. The quantitative estimate of drug-likeness (QED) is 0.524. The highest BCUT2D eigenvalue weighted by Crippen LogP contribution is 2.35. The van der Waals surface area contributed by atoms with Crippen LogP contribution in [0.1, 0.15) is 23.5 Å². The van der Waals surface area contributed by atoms with Crippen LogP contribution in [0.4, 0.5) is 4.79 Å². The van der Waals surface area contributed by atoms with Crippen LogP contribution in [0.25, 0.3) is 0 Å². The molecule has 2 aromatic rings. The Hall–Kier alpha value is -2.59. The summed E-state index contributed by atoms with van der Waals surface area (Å²) in [6.07, 6.45) is 0. The Morgan fingerprint density at radius 2 is 2.11 bits per heavy atom. The van der Waals surface area contributed by atoms with Crippen LogP contribution in [-0.4, -0.2) is 41.7 Å². The zero-order valence-corrected chi connectivity index (χ0v) is 17.3. The topological polar surface area (TPSA) is 102 Å². The van der Waals surface area contributed by atoms with Gasteiger partial charge in [0, 0.05) is 17.0 Å². The van der Waals surface area contributed by atoms with Gasteiger partial charge in [-0.25, -0.2) is 9.59 Å². The number of hydrogen-bond acceptors (Lipinski definition) is 8. The van der Waals surface area contributed by atoms with Gasteiger partial charge in [-0.3, -0.25) is 0 Å². The second-order valence-corrected chi connectivity index (χ2v) is 8.17. The van der Waals surface area contributed by atoms with Crippen molar-refractivity contribution in [3.63, 3.8) is 0 Å². The number of carbonyl (C=O) groups excluding carboxylic acids is 2. The molecule has 1 aliphatic heterocycles. The number of methoxy groups -OCH3 is 1. The summed E-state index contributed by atoms with van der Waals surface area (Å²) in [4.78, 5) is 25.1. The van der Waals surface area contributed by atoms with E-state index in [1.807, 2.05) is 25.1 Å². The van der Waals surface area contributed by atoms with E-state index in [2.05, 4.69) is 20.8 Å². The summed E-state index contributed by atoms with van der Waals surface area (Å²) in [5, 5.41) is 14.5. The summed E-state index contributed by atoms with van der Waals surface area (Å²) >= 11 is 2.86. The first-order valence-corrected chi connectivity index (χ1v) is 10.4. The molecule has 2 N–H and O–H groups in total. The normalized spacial score (nSPS) is 16.4. The molecular weight excluding hydrogens is 400 g/mol. The number of amides is 2. The van der Waals surface area contributed by atoms with Crippen molar-refractivity contribution in [3.8, 4) is 5.75 Å². The summed E-state index contributed by atoms with van der Waals surface area (Å²) < 4.78 is 11.4. The highest BCUT2D eigenvalue weighted by molar-refractivity contribution is 8.01. The Morgan fingerprint density at radius 1 is 1.32 bits per heavy atom. The molecule has 1 aliphatic rings. The first-order chi connectivity index (χ1) is 13.5. The lowest BCUT2D eigenvalue weighted by Gasteiger charge is -2.30. The van der Waals surface area contributed by atoms with E-state index in [1.54, 1.807) is 20.1 Å². The maximum Gasteiger partial charge on any atom is 0.338 e. The summed E-state index contributed by atoms with van der Waals surface area (Å²) in [6, 6.07) is 6.17. The van der Waals surface area contributed by atoms with Gasteiger partial charge in [0.25, 0.3) is 0 Å². The minimum absolute atomic E-state index is 0.227. The van der Waals surface area contributed by atoms with Crippen molar-refractivity contribution < 1.29 is 19.1 Å². The van der Waals surface area contributed by atoms with Gasteiger partial charge >= 0.3 is 12.0 Å². The van der Waals surface area contributed by atoms with E-state index in [0.717, 1.165) is 9.35 Å². The van der Waals surface area contributed by atoms with Gasteiger partial charge in [-0.1, -0.05) is 41.3 Å². The van der Waals surface area contributed by atoms with E-state index < -0.39 is 18.0 Å². The Bertz CT molecular complexity index is 912. The average molecular weight is 421 g/mol. The van der Waals surface area contributed by atoms with Crippen LogP contribution in [0, 0.1) is 6.92 Å². The number of para-hydroxylation sites is 1. The molecule has 0 aliphatic carbocycles. The van der Waals surface area contributed by atoms with E-state index in [1.165, 1.54) is 23.1 Å². The molecule has 0 bridgehead atoms. The molecule has 0 radical (unpaired) electrons. The van der Waals surface area contributed by atoms with Gasteiger partial charge in [0.1, 0.15) is 10.8 Å². The van der Waals surface area contributed by atoms with Crippen LogP contribution in [0.15, 0.2) is 39.9 Å². The second-order valence-electron chi connectivity index (χ2n) is 5.76. The van der Waals surface area contributed by atoms with E-state index in [9.17, 15) is 9.59 Å². The van der Waals surface area contributed by atoms with Gasteiger partial charge < -0.3 is 20.1 Å².